The number of benzene rings is 2. The number of hydrogen-bond donors (Lipinski definition) is 2. The molecule has 5 nitrogen and oxygen atoms in total. The zero-order valence-electron chi connectivity index (χ0n) is 15.8. The van der Waals surface area contributed by atoms with Gasteiger partial charge in [0.15, 0.2) is 0 Å². The van der Waals surface area contributed by atoms with Crippen molar-refractivity contribution in [1.82, 2.24) is 4.98 Å². The van der Waals surface area contributed by atoms with Gasteiger partial charge in [-0.05, 0) is 55.8 Å². The summed E-state index contributed by atoms with van der Waals surface area (Å²) in [4.78, 5) is 16.8. The molecule has 0 aliphatic heterocycles. The second-order valence-electron chi connectivity index (χ2n) is 6.53. The van der Waals surface area contributed by atoms with E-state index >= 15 is 0 Å². The van der Waals surface area contributed by atoms with Gasteiger partial charge in [-0.2, -0.15) is 0 Å². The minimum Gasteiger partial charge on any atom is -0.489 e. The number of rotatable bonds is 7. The predicted molar refractivity (Wildman–Crippen MR) is 108 cm³/mol. The van der Waals surface area contributed by atoms with Crippen molar-refractivity contribution in [3.8, 4) is 5.75 Å². The van der Waals surface area contributed by atoms with Crippen molar-refractivity contribution in [1.29, 1.82) is 0 Å². The molecule has 0 saturated heterocycles. The predicted octanol–water partition coefficient (Wildman–Crippen LogP) is 4.87. The summed E-state index contributed by atoms with van der Waals surface area (Å²) in [5.74, 6) is 0.718. The van der Waals surface area contributed by atoms with Crippen molar-refractivity contribution in [2.75, 3.05) is 10.6 Å². The van der Waals surface area contributed by atoms with Gasteiger partial charge in [0.1, 0.15) is 17.4 Å². The highest BCUT2D eigenvalue weighted by Gasteiger charge is 2.11. The molecular weight excluding hydrogens is 357 g/mol. The van der Waals surface area contributed by atoms with Gasteiger partial charge in [-0.3, -0.25) is 4.79 Å². The zero-order chi connectivity index (χ0) is 19.9. The average Bonchev–Trinajstić information content (AvgIpc) is 2.69. The van der Waals surface area contributed by atoms with Gasteiger partial charge in [0.2, 0.25) is 0 Å². The Morgan fingerprint density at radius 1 is 1.07 bits per heavy atom. The van der Waals surface area contributed by atoms with Crippen LogP contribution in [0.3, 0.4) is 0 Å². The molecule has 0 bridgehead atoms. The SMILES string of the molecule is CC(C)Oc1ccccc1NC(=O)c1ccc(NCc2ccc(F)cc2)nc1. The van der Waals surface area contributed by atoms with Crippen molar-refractivity contribution >= 4 is 17.4 Å². The number of aromatic nitrogens is 1. The number of carbonyl (C=O) groups excluding carboxylic acids is 1. The van der Waals surface area contributed by atoms with E-state index in [1.165, 1.54) is 18.3 Å². The number of halogens is 1. The Balaban J connectivity index is 1.61. The van der Waals surface area contributed by atoms with Crippen LogP contribution in [0.4, 0.5) is 15.9 Å². The van der Waals surface area contributed by atoms with Crippen LogP contribution < -0.4 is 15.4 Å². The molecule has 0 saturated carbocycles. The molecule has 2 N–H and O–H groups in total. The lowest BCUT2D eigenvalue weighted by Crippen LogP contribution is -2.15. The number of anilines is 2. The third kappa shape index (κ3) is 5.30. The van der Waals surface area contributed by atoms with Crippen molar-refractivity contribution in [3.63, 3.8) is 0 Å². The Morgan fingerprint density at radius 3 is 2.50 bits per heavy atom. The number of hydrogen-bond acceptors (Lipinski definition) is 4. The summed E-state index contributed by atoms with van der Waals surface area (Å²) in [6.07, 6.45) is 1.51. The Morgan fingerprint density at radius 2 is 1.82 bits per heavy atom. The molecule has 2 aromatic carbocycles. The minimum atomic E-state index is -0.266. The Kier molecular flexibility index (Phi) is 6.22. The molecule has 0 aliphatic carbocycles. The summed E-state index contributed by atoms with van der Waals surface area (Å²) in [5, 5.41) is 6.00. The Labute approximate surface area is 163 Å². The largest absolute Gasteiger partial charge is 0.489 e. The maximum Gasteiger partial charge on any atom is 0.257 e. The second-order valence-corrected chi connectivity index (χ2v) is 6.53. The number of para-hydroxylation sites is 2. The molecule has 0 radical (unpaired) electrons. The summed E-state index contributed by atoms with van der Waals surface area (Å²) in [6, 6.07) is 17.0. The lowest BCUT2D eigenvalue weighted by molar-refractivity contribution is 0.102. The fourth-order valence-electron chi connectivity index (χ4n) is 2.55. The van der Waals surface area contributed by atoms with Gasteiger partial charge in [-0.25, -0.2) is 9.37 Å². The number of amides is 1. The average molecular weight is 379 g/mol. The Bertz CT molecular complexity index is 925. The Hall–Kier alpha value is -3.41. The molecule has 0 unspecified atom stereocenters. The van der Waals surface area contributed by atoms with Crippen LogP contribution >= 0.6 is 0 Å². The van der Waals surface area contributed by atoms with Crippen LogP contribution in [-0.2, 0) is 6.54 Å². The molecule has 0 atom stereocenters. The first kappa shape index (κ1) is 19.4. The molecule has 0 fully saturated rings. The quantitative estimate of drug-likeness (QED) is 0.615. The minimum absolute atomic E-state index is 0.00573. The van der Waals surface area contributed by atoms with Gasteiger partial charge in [0, 0.05) is 12.7 Å². The number of carbonyl (C=O) groups is 1. The highest BCUT2D eigenvalue weighted by Crippen LogP contribution is 2.25. The van der Waals surface area contributed by atoms with Crippen LogP contribution in [0.2, 0.25) is 0 Å². The number of nitrogens with zero attached hydrogens (tertiary/aromatic N) is 1. The van der Waals surface area contributed by atoms with Gasteiger partial charge in [-0.1, -0.05) is 24.3 Å². The molecule has 28 heavy (non-hydrogen) atoms. The number of pyridine rings is 1. The second kappa shape index (κ2) is 8.99. The number of nitrogens with one attached hydrogen (secondary N) is 2. The molecule has 0 aliphatic rings. The van der Waals surface area contributed by atoms with E-state index in [2.05, 4.69) is 15.6 Å². The topological polar surface area (TPSA) is 63.2 Å². The van der Waals surface area contributed by atoms with E-state index in [-0.39, 0.29) is 17.8 Å². The molecule has 0 spiro atoms. The van der Waals surface area contributed by atoms with Crippen LogP contribution in [0.1, 0.15) is 29.8 Å². The van der Waals surface area contributed by atoms with Crippen molar-refractivity contribution < 1.29 is 13.9 Å². The molecule has 1 aromatic heterocycles. The summed E-state index contributed by atoms with van der Waals surface area (Å²) in [5.41, 5.74) is 1.98. The van der Waals surface area contributed by atoms with E-state index in [0.717, 1.165) is 5.56 Å². The third-order valence-electron chi connectivity index (χ3n) is 3.91. The van der Waals surface area contributed by atoms with Crippen LogP contribution in [0.25, 0.3) is 0 Å². The lowest BCUT2D eigenvalue weighted by atomic mass is 10.2. The van der Waals surface area contributed by atoms with Crippen molar-refractivity contribution in [2.24, 2.45) is 0 Å². The summed E-state index contributed by atoms with van der Waals surface area (Å²) in [6.45, 7) is 4.37. The van der Waals surface area contributed by atoms with Gasteiger partial charge in [0.05, 0.1) is 17.4 Å². The summed E-state index contributed by atoms with van der Waals surface area (Å²) in [7, 11) is 0. The highest BCUT2D eigenvalue weighted by atomic mass is 19.1. The molecule has 1 amide bonds. The van der Waals surface area contributed by atoms with E-state index in [0.29, 0.717) is 29.4 Å². The lowest BCUT2D eigenvalue weighted by Gasteiger charge is -2.14. The van der Waals surface area contributed by atoms with E-state index in [4.69, 9.17) is 4.74 Å². The highest BCUT2D eigenvalue weighted by molar-refractivity contribution is 6.04. The van der Waals surface area contributed by atoms with E-state index in [9.17, 15) is 9.18 Å². The van der Waals surface area contributed by atoms with Crippen LogP contribution in [-0.4, -0.2) is 17.0 Å². The fourth-order valence-corrected chi connectivity index (χ4v) is 2.55. The van der Waals surface area contributed by atoms with Crippen LogP contribution in [0.15, 0.2) is 66.9 Å². The van der Waals surface area contributed by atoms with E-state index in [1.807, 2.05) is 32.0 Å². The van der Waals surface area contributed by atoms with Gasteiger partial charge in [0.25, 0.3) is 5.91 Å². The van der Waals surface area contributed by atoms with Gasteiger partial charge in [-0.15, -0.1) is 0 Å². The molecular formula is C22H22FN3O2. The monoisotopic (exact) mass is 379 g/mol. The summed E-state index contributed by atoms with van der Waals surface area (Å²) >= 11 is 0. The summed E-state index contributed by atoms with van der Waals surface area (Å²) < 4.78 is 18.7. The van der Waals surface area contributed by atoms with Gasteiger partial charge >= 0.3 is 0 Å². The molecule has 6 heteroatoms. The zero-order valence-corrected chi connectivity index (χ0v) is 15.8. The van der Waals surface area contributed by atoms with E-state index in [1.54, 1.807) is 30.3 Å². The van der Waals surface area contributed by atoms with E-state index < -0.39 is 0 Å². The maximum atomic E-state index is 12.9. The first-order chi connectivity index (χ1) is 13.5. The third-order valence-corrected chi connectivity index (χ3v) is 3.91. The molecule has 3 aromatic rings. The normalized spacial score (nSPS) is 10.6. The molecule has 144 valence electrons. The van der Waals surface area contributed by atoms with Crippen LogP contribution in [0, 0.1) is 5.82 Å². The van der Waals surface area contributed by atoms with Crippen LogP contribution in [0.5, 0.6) is 5.75 Å². The van der Waals surface area contributed by atoms with Crippen molar-refractivity contribution in [3.05, 3.63) is 83.8 Å². The smallest absolute Gasteiger partial charge is 0.257 e. The molecule has 3 rings (SSSR count). The van der Waals surface area contributed by atoms with Crippen molar-refractivity contribution in [2.45, 2.75) is 26.5 Å². The molecule has 1 heterocycles. The first-order valence-corrected chi connectivity index (χ1v) is 9.02. The number of ether oxygens (including phenoxy) is 1. The standard InChI is InChI=1S/C22H22FN3O2/c1-15(2)28-20-6-4-3-5-19(20)26-22(27)17-9-12-21(25-14-17)24-13-16-7-10-18(23)11-8-16/h3-12,14-15H,13H2,1-2H3,(H,24,25)(H,26,27). The van der Waals surface area contributed by atoms with Gasteiger partial charge < -0.3 is 15.4 Å². The maximum absolute atomic E-state index is 12.9. The fraction of sp³-hybridized carbons (Fsp3) is 0.182. The first-order valence-electron chi connectivity index (χ1n) is 9.02.